The first-order chi connectivity index (χ1) is 14.9. The standard InChI is InChI=1S/C23H17ClN2O4S/c1-14(27)25-17-8-4-15(5-9-17)20-21(31-13-19-3-2-12-30-19)23(29)26(22(20)28)18-10-6-16(24)7-11-18/h2-12H,13H2,1H3,(H,25,27). The van der Waals surface area contributed by atoms with Gasteiger partial charge in [0.05, 0.1) is 28.2 Å². The molecule has 0 radical (unpaired) electrons. The zero-order valence-electron chi connectivity index (χ0n) is 16.4. The molecule has 31 heavy (non-hydrogen) atoms. The van der Waals surface area contributed by atoms with E-state index in [4.69, 9.17) is 16.0 Å². The molecular formula is C23H17ClN2O4S. The molecule has 0 saturated heterocycles. The predicted octanol–water partition coefficient (Wildman–Crippen LogP) is 5.11. The Bertz CT molecular complexity index is 1170. The zero-order valence-corrected chi connectivity index (χ0v) is 18.0. The van der Waals surface area contributed by atoms with Crippen molar-refractivity contribution in [2.75, 3.05) is 10.2 Å². The number of anilines is 2. The summed E-state index contributed by atoms with van der Waals surface area (Å²) >= 11 is 7.21. The Hall–Kier alpha value is -3.29. The molecule has 0 spiro atoms. The van der Waals surface area contributed by atoms with E-state index in [1.54, 1.807) is 60.9 Å². The van der Waals surface area contributed by atoms with Gasteiger partial charge in [-0.3, -0.25) is 14.4 Å². The van der Waals surface area contributed by atoms with Gasteiger partial charge in [0.2, 0.25) is 5.91 Å². The van der Waals surface area contributed by atoms with Crippen molar-refractivity contribution in [1.82, 2.24) is 0 Å². The van der Waals surface area contributed by atoms with Crippen molar-refractivity contribution in [3.05, 3.63) is 88.2 Å². The lowest BCUT2D eigenvalue weighted by molar-refractivity contribution is -0.120. The van der Waals surface area contributed by atoms with Crippen LogP contribution in [0.4, 0.5) is 11.4 Å². The molecule has 0 unspecified atom stereocenters. The molecule has 6 nitrogen and oxygen atoms in total. The van der Waals surface area contributed by atoms with Gasteiger partial charge in [0.1, 0.15) is 5.76 Å². The fourth-order valence-corrected chi connectivity index (χ4v) is 4.33. The first kappa shape index (κ1) is 21.0. The predicted molar refractivity (Wildman–Crippen MR) is 122 cm³/mol. The maximum absolute atomic E-state index is 13.3. The van der Waals surface area contributed by atoms with Crippen LogP contribution in [0.25, 0.3) is 5.57 Å². The number of amides is 3. The van der Waals surface area contributed by atoms with E-state index in [0.717, 1.165) is 4.90 Å². The zero-order chi connectivity index (χ0) is 22.0. The lowest BCUT2D eigenvalue weighted by atomic mass is 10.1. The third-order valence-electron chi connectivity index (χ3n) is 4.56. The van der Waals surface area contributed by atoms with Crippen LogP contribution in [-0.2, 0) is 20.1 Å². The molecule has 3 amide bonds. The van der Waals surface area contributed by atoms with Gasteiger partial charge < -0.3 is 9.73 Å². The third-order valence-corrected chi connectivity index (χ3v) is 5.91. The number of rotatable bonds is 6. The van der Waals surface area contributed by atoms with Gasteiger partial charge in [-0.1, -0.05) is 23.7 Å². The second kappa shape index (κ2) is 8.83. The number of imide groups is 1. The van der Waals surface area contributed by atoms with E-state index in [9.17, 15) is 14.4 Å². The van der Waals surface area contributed by atoms with Crippen LogP contribution in [0.5, 0.6) is 0 Å². The summed E-state index contributed by atoms with van der Waals surface area (Å²) < 4.78 is 5.37. The van der Waals surface area contributed by atoms with E-state index >= 15 is 0 Å². The van der Waals surface area contributed by atoms with Crippen molar-refractivity contribution in [2.24, 2.45) is 0 Å². The maximum Gasteiger partial charge on any atom is 0.272 e. The highest BCUT2D eigenvalue weighted by Gasteiger charge is 2.40. The van der Waals surface area contributed by atoms with Gasteiger partial charge in [-0.15, -0.1) is 11.8 Å². The van der Waals surface area contributed by atoms with E-state index in [1.165, 1.54) is 18.7 Å². The number of benzene rings is 2. The third kappa shape index (κ3) is 4.42. The van der Waals surface area contributed by atoms with Gasteiger partial charge in [-0.05, 0) is 54.1 Å². The Balaban J connectivity index is 1.71. The molecular weight excluding hydrogens is 436 g/mol. The number of carbonyl (C=O) groups excluding carboxylic acids is 3. The summed E-state index contributed by atoms with van der Waals surface area (Å²) in [5.74, 6) is 0.0978. The average molecular weight is 453 g/mol. The van der Waals surface area contributed by atoms with Gasteiger partial charge in [0.15, 0.2) is 0 Å². The van der Waals surface area contributed by atoms with Crippen LogP contribution < -0.4 is 10.2 Å². The van der Waals surface area contributed by atoms with E-state index in [2.05, 4.69) is 5.32 Å². The first-order valence-electron chi connectivity index (χ1n) is 9.36. The van der Waals surface area contributed by atoms with E-state index in [1.807, 2.05) is 6.07 Å². The molecule has 1 aliphatic heterocycles. The number of halogens is 1. The number of furan rings is 1. The quantitative estimate of drug-likeness (QED) is 0.526. The summed E-state index contributed by atoms with van der Waals surface area (Å²) in [5, 5.41) is 3.20. The lowest BCUT2D eigenvalue weighted by Gasteiger charge is -2.15. The van der Waals surface area contributed by atoms with Gasteiger partial charge in [0, 0.05) is 17.6 Å². The number of carbonyl (C=O) groups is 3. The van der Waals surface area contributed by atoms with Gasteiger partial charge >= 0.3 is 0 Å². The van der Waals surface area contributed by atoms with Crippen LogP contribution >= 0.6 is 23.4 Å². The number of hydrogen-bond acceptors (Lipinski definition) is 5. The Labute approximate surface area is 187 Å². The second-order valence-electron chi connectivity index (χ2n) is 6.75. The molecule has 0 atom stereocenters. The summed E-state index contributed by atoms with van der Waals surface area (Å²) in [5.41, 5.74) is 1.95. The summed E-state index contributed by atoms with van der Waals surface area (Å²) in [6.45, 7) is 1.42. The average Bonchev–Trinajstić information content (AvgIpc) is 3.34. The van der Waals surface area contributed by atoms with Crippen LogP contribution in [0.2, 0.25) is 5.02 Å². The van der Waals surface area contributed by atoms with Crippen molar-refractivity contribution in [1.29, 1.82) is 0 Å². The molecule has 0 bridgehead atoms. The number of hydrogen-bond donors (Lipinski definition) is 1. The van der Waals surface area contributed by atoms with Crippen molar-refractivity contribution >= 4 is 58.0 Å². The minimum absolute atomic E-state index is 0.192. The Morgan fingerprint density at radius 3 is 2.35 bits per heavy atom. The molecule has 156 valence electrons. The topological polar surface area (TPSA) is 79.6 Å². The van der Waals surface area contributed by atoms with Gasteiger partial charge in [-0.25, -0.2) is 4.90 Å². The van der Waals surface area contributed by atoms with Crippen LogP contribution in [-0.4, -0.2) is 17.7 Å². The molecule has 1 aliphatic rings. The van der Waals surface area contributed by atoms with E-state index < -0.39 is 11.8 Å². The van der Waals surface area contributed by atoms with Crippen molar-refractivity contribution in [3.8, 4) is 0 Å². The van der Waals surface area contributed by atoms with Gasteiger partial charge in [0.25, 0.3) is 11.8 Å². The van der Waals surface area contributed by atoms with Crippen molar-refractivity contribution in [3.63, 3.8) is 0 Å². The Kier molecular flexibility index (Phi) is 5.97. The molecule has 1 aromatic heterocycles. The van der Waals surface area contributed by atoms with E-state index in [0.29, 0.717) is 44.0 Å². The molecule has 4 rings (SSSR count). The van der Waals surface area contributed by atoms with Crippen LogP contribution in [0.15, 0.2) is 76.2 Å². The molecule has 3 aromatic rings. The Morgan fingerprint density at radius 2 is 1.74 bits per heavy atom. The number of nitrogens with one attached hydrogen (secondary N) is 1. The van der Waals surface area contributed by atoms with Crippen LogP contribution in [0, 0.1) is 0 Å². The summed E-state index contributed by atoms with van der Waals surface area (Å²) in [6.07, 6.45) is 1.56. The largest absolute Gasteiger partial charge is 0.468 e. The van der Waals surface area contributed by atoms with Crippen LogP contribution in [0.3, 0.4) is 0 Å². The fraction of sp³-hybridized carbons (Fsp3) is 0.0870. The fourth-order valence-electron chi connectivity index (χ4n) is 3.18. The summed E-state index contributed by atoms with van der Waals surface area (Å²) in [7, 11) is 0. The molecule has 2 aromatic carbocycles. The molecule has 2 heterocycles. The second-order valence-corrected chi connectivity index (χ2v) is 8.17. The summed E-state index contributed by atoms with van der Waals surface area (Å²) in [6, 6.07) is 16.9. The Morgan fingerprint density at radius 1 is 1.03 bits per heavy atom. The molecule has 0 fully saturated rings. The normalized spacial score (nSPS) is 13.8. The molecule has 0 aliphatic carbocycles. The number of thioether (sulfide) groups is 1. The summed E-state index contributed by atoms with van der Waals surface area (Å²) in [4.78, 5) is 39.4. The van der Waals surface area contributed by atoms with Crippen molar-refractivity contribution < 1.29 is 18.8 Å². The smallest absolute Gasteiger partial charge is 0.272 e. The number of nitrogens with zero attached hydrogens (tertiary/aromatic N) is 1. The highest BCUT2D eigenvalue weighted by atomic mass is 35.5. The minimum Gasteiger partial charge on any atom is -0.468 e. The lowest BCUT2D eigenvalue weighted by Crippen LogP contribution is -2.31. The molecule has 0 saturated carbocycles. The van der Waals surface area contributed by atoms with Crippen LogP contribution in [0.1, 0.15) is 18.2 Å². The maximum atomic E-state index is 13.3. The molecule has 8 heteroatoms. The van der Waals surface area contributed by atoms with Gasteiger partial charge in [-0.2, -0.15) is 0 Å². The molecule has 1 N–H and O–H groups in total. The monoisotopic (exact) mass is 452 g/mol. The highest BCUT2D eigenvalue weighted by molar-refractivity contribution is 8.03. The first-order valence-corrected chi connectivity index (χ1v) is 10.7. The minimum atomic E-state index is -0.415. The van der Waals surface area contributed by atoms with Crippen molar-refractivity contribution in [2.45, 2.75) is 12.7 Å². The highest BCUT2D eigenvalue weighted by Crippen LogP contribution is 2.40. The SMILES string of the molecule is CC(=O)Nc1ccc(C2=C(SCc3ccco3)C(=O)N(c3ccc(Cl)cc3)C2=O)cc1. The van der Waals surface area contributed by atoms with E-state index in [-0.39, 0.29) is 5.91 Å².